The van der Waals surface area contributed by atoms with Gasteiger partial charge in [-0.2, -0.15) is 0 Å². The molecule has 1 aromatic heterocycles. The molecule has 1 saturated carbocycles. The molecule has 1 spiro atoms. The maximum Gasteiger partial charge on any atom is 0.276 e. The van der Waals surface area contributed by atoms with E-state index in [2.05, 4.69) is 5.16 Å². The molecule has 6 nitrogen and oxygen atoms in total. The molecule has 0 bridgehead atoms. The molecule has 1 atom stereocenters. The number of carbonyl (C=O) groups excluding carboxylic acids is 1. The van der Waals surface area contributed by atoms with Crippen molar-refractivity contribution < 1.29 is 19.2 Å². The lowest BCUT2D eigenvalue weighted by Gasteiger charge is -2.51. The Morgan fingerprint density at radius 1 is 1.48 bits per heavy atom. The van der Waals surface area contributed by atoms with Crippen molar-refractivity contribution in [1.82, 2.24) is 10.1 Å². The Bertz CT molecular complexity index is 532. The number of piperidine rings is 1. The molecular weight excluding hydrogens is 272 g/mol. The second-order valence-electron chi connectivity index (χ2n) is 6.21. The van der Waals surface area contributed by atoms with Gasteiger partial charge in [0, 0.05) is 20.2 Å². The highest BCUT2D eigenvalue weighted by atomic mass is 16.5. The lowest BCUT2D eigenvalue weighted by Crippen LogP contribution is -2.53. The standard InChI is InChI=1S/C15H22N2O4/c1-10-11(9-20-2)13(16-21-10)14(19)17-7-5-15(6-8-17)4-3-12(15)18/h12,18H,3-9H2,1-2H3. The van der Waals surface area contributed by atoms with Gasteiger partial charge in [-0.15, -0.1) is 0 Å². The van der Waals surface area contributed by atoms with Gasteiger partial charge in [-0.1, -0.05) is 5.16 Å². The SMILES string of the molecule is COCc1c(C(=O)N2CCC3(CCC3O)CC2)noc1C. The summed E-state index contributed by atoms with van der Waals surface area (Å²) >= 11 is 0. The molecule has 3 rings (SSSR count). The third-order valence-corrected chi connectivity index (χ3v) is 5.14. The molecule has 1 saturated heterocycles. The van der Waals surface area contributed by atoms with E-state index >= 15 is 0 Å². The zero-order chi connectivity index (χ0) is 15.0. The number of aliphatic hydroxyl groups excluding tert-OH is 1. The normalized spacial score (nSPS) is 24.1. The minimum Gasteiger partial charge on any atom is -0.393 e. The van der Waals surface area contributed by atoms with Gasteiger partial charge in [0.25, 0.3) is 5.91 Å². The number of likely N-dealkylation sites (tertiary alicyclic amines) is 1. The van der Waals surface area contributed by atoms with Crippen molar-refractivity contribution >= 4 is 5.91 Å². The number of methoxy groups -OCH3 is 1. The van der Waals surface area contributed by atoms with Gasteiger partial charge in [0.2, 0.25) is 0 Å². The Balaban J connectivity index is 1.69. The zero-order valence-electron chi connectivity index (χ0n) is 12.6. The van der Waals surface area contributed by atoms with E-state index in [1.807, 2.05) is 4.90 Å². The van der Waals surface area contributed by atoms with Crippen LogP contribution in [0.3, 0.4) is 0 Å². The highest BCUT2D eigenvalue weighted by Gasteiger charge is 2.48. The van der Waals surface area contributed by atoms with Gasteiger partial charge in [-0.05, 0) is 38.0 Å². The monoisotopic (exact) mass is 294 g/mol. The van der Waals surface area contributed by atoms with Crippen molar-refractivity contribution in [3.63, 3.8) is 0 Å². The third kappa shape index (κ3) is 2.36. The van der Waals surface area contributed by atoms with Gasteiger partial charge in [0.05, 0.1) is 18.3 Å². The van der Waals surface area contributed by atoms with Gasteiger partial charge in [0.15, 0.2) is 5.69 Å². The molecule has 1 aliphatic carbocycles. The fourth-order valence-electron chi connectivity index (χ4n) is 3.44. The van der Waals surface area contributed by atoms with Crippen LogP contribution in [-0.4, -0.2) is 47.4 Å². The van der Waals surface area contributed by atoms with Gasteiger partial charge < -0.3 is 19.3 Å². The first kappa shape index (κ1) is 14.5. The number of hydrogen-bond acceptors (Lipinski definition) is 5. The predicted molar refractivity (Wildman–Crippen MR) is 74.8 cm³/mol. The van der Waals surface area contributed by atoms with Gasteiger partial charge in [-0.3, -0.25) is 4.79 Å². The Morgan fingerprint density at radius 3 is 2.71 bits per heavy atom. The molecule has 1 N–H and O–H groups in total. The van der Waals surface area contributed by atoms with Crippen molar-refractivity contribution in [3.8, 4) is 0 Å². The highest BCUT2D eigenvalue weighted by molar-refractivity contribution is 5.93. The van der Waals surface area contributed by atoms with Crippen molar-refractivity contribution in [3.05, 3.63) is 17.0 Å². The van der Waals surface area contributed by atoms with Crippen LogP contribution in [0.15, 0.2) is 4.52 Å². The maximum atomic E-state index is 12.6. The molecule has 1 aliphatic heterocycles. The van der Waals surface area contributed by atoms with E-state index in [4.69, 9.17) is 9.26 Å². The number of aliphatic hydroxyl groups is 1. The molecular formula is C15H22N2O4. The van der Waals surface area contributed by atoms with E-state index in [0.717, 1.165) is 31.2 Å². The van der Waals surface area contributed by atoms with Crippen LogP contribution in [0.5, 0.6) is 0 Å². The minimum absolute atomic E-state index is 0.0614. The van der Waals surface area contributed by atoms with Crippen LogP contribution in [0.2, 0.25) is 0 Å². The fourth-order valence-corrected chi connectivity index (χ4v) is 3.44. The van der Waals surface area contributed by atoms with Crippen LogP contribution >= 0.6 is 0 Å². The van der Waals surface area contributed by atoms with E-state index in [1.165, 1.54) is 0 Å². The second-order valence-corrected chi connectivity index (χ2v) is 6.21. The van der Waals surface area contributed by atoms with Crippen LogP contribution in [-0.2, 0) is 11.3 Å². The first-order valence-electron chi connectivity index (χ1n) is 7.49. The summed E-state index contributed by atoms with van der Waals surface area (Å²) in [5.41, 5.74) is 1.15. The summed E-state index contributed by atoms with van der Waals surface area (Å²) in [4.78, 5) is 14.4. The van der Waals surface area contributed by atoms with E-state index in [-0.39, 0.29) is 17.4 Å². The van der Waals surface area contributed by atoms with Crippen LogP contribution in [0.25, 0.3) is 0 Å². The molecule has 1 aromatic rings. The quantitative estimate of drug-likeness (QED) is 0.914. The third-order valence-electron chi connectivity index (χ3n) is 5.14. The van der Waals surface area contributed by atoms with Crippen LogP contribution in [0.4, 0.5) is 0 Å². The maximum absolute atomic E-state index is 12.6. The van der Waals surface area contributed by atoms with Crippen LogP contribution in [0, 0.1) is 12.3 Å². The lowest BCUT2D eigenvalue weighted by atomic mass is 9.61. The van der Waals surface area contributed by atoms with E-state index in [0.29, 0.717) is 31.2 Å². The number of aryl methyl sites for hydroxylation is 1. The average molecular weight is 294 g/mol. The summed E-state index contributed by atoms with van der Waals surface area (Å²) in [6.45, 7) is 3.46. The number of ether oxygens (including phenoxy) is 1. The predicted octanol–water partition coefficient (Wildman–Crippen LogP) is 1.51. The van der Waals surface area contributed by atoms with Crippen LogP contribution < -0.4 is 0 Å². The van der Waals surface area contributed by atoms with Crippen molar-refractivity contribution in [1.29, 1.82) is 0 Å². The number of carbonyl (C=O) groups is 1. The largest absolute Gasteiger partial charge is 0.393 e. The molecule has 1 amide bonds. The Kier molecular flexibility index (Phi) is 3.75. The summed E-state index contributed by atoms with van der Waals surface area (Å²) in [5, 5.41) is 13.8. The van der Waals surface area contributed by atoms with Crippen molar-refractivity contribution in [2.45, 2.75) is 45.3 Å². The topological polar surface area (TPSA) is 75.8 Å². The summed E-state index contributed by atoms with van der Waals surface area (Å²) in [5.74, 6) is 0.533. The zero-order valence-corrected chi connectivity index (χ0v) is 12.6. The number of nitrogens with zero attached hydrogens (tertiary/aromatic N) is 2. The van der Waals surface area contributed by atoms with Gasteiger partial charge in [0.1, 0.15) is 5.76 Å². The van der Waals surface area contributed by atoms with Gasteiger partial charge >= 0.3 is 0 Å². The summed E-state index contributed by atoms with van der Waals surface area (Å²) in [6.07, 6.45) is 3.53. The van der Waals surface area contributed by atoms with Gasteiger partial charge in [-0.25, -0.2) is 0 Å². The van der Waals surface area contributed by atoms with Crippen molar-refractivity contribution in [2.75, 3.05) is 20.2 Å². The Morgan fingerprint density at radius 2 is 2.19 bits per heavy atom. The number of hydrogen-bond donors (Lipinski definition) is 1. The van der Waals surface area contributed by atoms with Crippen LogP contribution in [0.1, 0.15) is 47.5 Å². The first-order chi connectivity index (χ1) is 10.1. The Labute approximate surface area is 124 Å². The summed E-state index contributed by atoms with van der Waals surface area (Å²) in [6, 6.07) is 0. The fraction of sp³-hybridized carbons (Fsp3) is 0.733. The van der Waals surface area contributed by atoms with Crippen molar-refractivity contribution in [2.24, 2.45) is 5.41 Å². The average Bonchev–Trinajstić information content (AvgIpc) is 2.87. The second kappa shape index (κ2) is 5.42. The smallest absolute Gasteiger partial charge is 0.276 e. The number of rotatable bonds is 3. The highest BCUT2D eigenvalue weighted by Crippen LogP contribution is 2.49. The summed E-state index contributed by atoms with van der Waals surface area (Å²) < 4.78 is 10.2. The Hall–Kier alpha value is -1.40. The molecule has 21 heavy (non-hydrogen) atoms. The van der Waals surface area contributed by atoms with E-state index in [1.54, 1.807) is 14.0 Å². The van der Waals surface area contributed by atoms with E-state index < -0.39 is 0 Å². The molecule has 116 valence electrons. The lowest BCUT2D eigenvalue weighted by molar-refractivity contribution is -0.0953. The molecule has 2 aliphatic rings. The molecule has 2 fully saturated rings. The number of aromatic nitrogens is 1. The minimum atomic E-state index is -0.187. The molecule has 0 radical (unpaired) electrons. The molecule has 6 heteroatoms. The number of amides is 1. The first-order valence-corrected chi connectivity index (χ1v) is 7.49. The molecule has 2 heterocycles. The summed E-state index contributed by atoms with van der Waals surface area (Å²) in [7, 11) is 1.59. The van der Waals surface area contributed by atoms with E-state index in [9.17, 15) is 9.90 Å². The molecule has 1 unspecified atom stereocenters. The molecule has 0 aromatic carbocycles.